The van der Waals surface area contributed by atoms with Gasteiger partial charge >= 0.3 is 0 Å². The molecular formula is C21H24Cl2N2O4S. The van der Waals surface area contributed by atoms with Crippen molar-refractivity contribution in [2.45, 2.75) is 37.1 Å². The van der Waals surface area contributed by atoms with Gasteiger partial charge in [0, 0.05) is 18.1 Å². The standard InChI is InChI=1S/C21H24Cl2N2O4S/c1-15(16-5-7-17(22)8-6-16)24-21(26)14-29-20-10-9-18(13-19(20)23)30(27,28)25-11-3-2-4-12-25/h5-10,13,15H,2-4,11-12,14H2,1H3,(H,24,26)/t15-/m0/s1. The van der Waals surface area contributed by atoms with Crippen LogP contribution in [0.3, 0.4) is 0 Å². The number of benzene rings is 2. The zero-order valence-electron chi connectivity index (χ0n) is 16.6. The minimum absolute atomic E-state index is 0.127. The zero-order chi connectivity index (χ0) is 21.7. The van der Waals surface area contributed by atoms with E-state index in [0.717, 1.165) is 24.8 Å². The Morgan fingerprint density at radius 2 is 1.77 bits per heavy atom. The van der Waals surface area contributed by atoms with E-state index in [2.05, 4.69) is 5.32 Å². The molecule has 1 N–H and O–H groups in total. The van der Waals surface area contributed by atoms with Crippen LogP contribution in [0.1, 0.15) is 37.8 Å². The Morgan fingerprint density at radius 1 is 1.10 bits per heavy atom. The Hall–Kier alpha value is -1.80. The van der Waals surface area contributed by atoms with E-state index in [4.69, 9.17) is 27.9 Å². The third-order valence-corrected chi connectivity index (χ3v) is 7.40. The molecule has 0 saturated carbocycles. The van der Waals surface area contributed by atoms with Gasteiger partial charge in [0.25, 0.3) is 5.91 Å². The van der Waals surface area contributed by atoms with Crippen LogP contribution in [0.4, 0.5) is 0 Å². The van der Waals surface area contributed by atoms with Crippen molar-refractivity contribution in [3.8, 4) is 5.75 Å². The van der Waals surface area contributed by atoms with Gasteiger partial charge in [-0.1, -0.05) is 41.8 Å². The number of carbonyl (C=O) groups is 1. The number of halogens is 2. The van der Waals surface area contributed by atoms with Crippen molar-refractivity contribution in [3.63, 3.8) is 0 Å². The molecule has 0 unspecified atom stereocenters. The lowest BCUT2D eigenvalue weighted by molar-refractivity contribution is -0.123. The number of hydrogen-bond donors (Lipinski definition) is 1. The Morgan fingerprint density at radius 3 is 2.40 bits per heavy atom. The van der Waals surface area contributed by atoms with Gasteiger partial charge in [-0.25, -0.2) is 8.42 Å². The molecule has 1 saturated heterocycles. The predicted molar refractivity (Wildman–Crippen MR) is 118 cm³/mol. The van der Waals surface area contributed by atoms with Crippen LogP contribution in [0.25, 0.3) is 0 Å². The monoisotopic (exact) mass is 470 g/mol. The van der Waals surface area contributed by atoms with Gasteiger partial charge < -0.3 is 10.1 Å². The van der Waals surface area contributed by atoms with E-state index in [1.165, 1.54) is 22.5 Å². The van der Waals surface area contributed by atoms with Gasteiger partial charge in [0.05, 0.1) is 16.0 Å². The summed E-state index contributed by atoms with van der Waals surface area (Å²) in [4.78, 5) is 12.3. The minimum atomic E-state index is -3.58. The number of hydrogen-bond acceptors (Lipinski definition) is 4. The van der Waals surface area contributed by atoms with Crippen LogP contribution in [-0.4, -0.2) is 38.3 Å². The van der Waals surface area contributed by atoms with Crippen molar-refractivity contribution < 1.29 is 17.9 Å². The number of nitrogens with one attached hydrogen (secondary N) is 1. The Kier molecular flexibility index (Phi) is 7.63. The lowest BCUT2D eigenvalue weighted by atomic mass is 10.1. The Bertz CT molecular complexity index is 991. The molecule has 1 amide bonds. The summed E-state index contributed by atoms with van der Waals surface area (Å²) >= 11 is 12.1. The molecule has 162 valence electrons. The molecule has 3 rings (SSSR count). The molecule has 0 bridgehead atoms. The SMILES string of the molecule is C[C@H](NC(=O)COc1ccc(S(=O)(=O)N2CCCCC2)cc1Cl)c1ccc(Cl)cc1. The van der Waals surface area contributed by atoms with Gasteiger partial charge in [-0.05, 0) is 55.7 Å². The summed E-state index contributed by atoms with van der Waals surface area (Å²) in [6.45, 7) is 2.65. The quantitative estimate of drug-likeness (QED) is 0.649. The summed E-state index contributed by atoms with van der Waals surface area (Å²) in [6.07, 6.45) is 2.76. The lowest BCUT2D eigenvalue weighted by Gasteiger charge is -2.26. The van der Waals surface area contributed by atoms with Crippen molar-refractivity contribution in [1.29, 1.82) is 0 Å². The van der Waals surface area contributed by atoms with Gasteiger partial charge in [0.15, 0.2) is 6.61 Å². The van der Waals surface area contributed by atoms with Gasteiger partial charge in [-0.2, -0.15) is 4.31 Å². The summed E-state index contributed by atoms with van der Waals surface area (Å²) < 4.78 is 32.5. The van der Waals surface area contributed by atoms with Crippen LogP contribution in [-0.2, 0) is 14.8 Å². The van der Waals surface area contributed by atoms with E-state index in [9.17, 15) is 13.2 Å². The van der Waals surface area contributed by atoms with Crippen LogP contribution < -0.4 is 10.1 Å². The fourth-order valence-electron chi connectivity index (χ4n) is 3.27. The minimum Gasteiger partial charge on any atom is -0.482 e. The highest BCUT2D eigenvalue weighted by Gasteiger charge is 2.26. The molecule has 30 heavy (non-hydrogen) atoms. The first-order valence-corrected chi connectivity index (χ1v) is 11.9. The molecule has 2 aromatic rings. The second-order valence-electron chi connectivity index (χ2n) is 7.19. The summed E-state index contributed by atoms with van der Waals surface area (Å²) in [6, 6.07) is 11.3. The maximum absolute atomic E-state index is 12.7. The van der Waals surface area contributed by atoms with E-state index in [-0.39, 0.29) is 34.2 Å². The van der Waals surface area contributed by atoms with Crippen LogP contribution in [0.5, 0.6) is 5.75 Å². The van der Waals surface area contributed by atoms with Crippen molar-refractivity contribution in [2.24, 2.45) is 0 Å². The maximum Gasteiger partial charge on any atom is 0.258 e. The van der Waals surface area contributed by atoms with Gasteiger partial charge in [-0.15, -0.1) is 0 Å². The summed E-state index contributed by atoms with van der Waals surface area (Å²) in [5.74, 6) is -0.0675. The van der Waals surface area contributed by atoms with E-state index in [0.29, 0.717) is 18.1 Å². The molecule has 1 fully saturated rings. The first-order chi connectivity index (χ1) is 14.3. The number of nitrogens with zero attached hydrogens (tertiary/aromatic N) is 1. The third-order valence-electron chi connectivity index (χ3n) is 4.96. The van der Waals surface area contributed by atoms with Crippen molar-refractivity contribution in [2.75, 3.05) is 19.7 Å². The number of ether oxygens (including phenoxy) is 1. The second kappa shape index (κ2) is 10.0. The highest BCUT2D eigenvalue weighted by molar-refractivity contribution is 7.89. The van der Waals surface area contributed by atoms with Gasteiger partial charge in [0.2, 0.25) is 10.0 Å². The smallest absolute Gasteiger partial charge is 0.258 e. The fourth-order valence-corrected chi connectivity index (χ4v) is 5.24. The molecule has 1 heterocycles. The van der Waals surface area contributed by atoms with Crippen LogP contribution in [0.15, 0.2) is 47.4 Å². The normalized spacial score (nSPS) is 16.1. The number of piperidine rings is 1. The number of amides is 1. The first-order valence-electron chi connectivity index (χ1n) is 9.75. The second-order valence-corrected chi connectivity index (χ2v) is 9.97. The van der Waals surface area contributed by atoms with Crippen LogP contribution >= 0.6 is 23.2 Å². The molecule has 9 heteroatoms. The van der Waals surface area contributed by atoms with E-state index in [1.807, 2.05) is 19.1 Å². The highest BCUT2D eigenvalue weighted by Crippen LogP contribution is 2.29. The molecule has 1 atom stereocenters. The van der Waals surface area contributed by atoms with E-state index < -0.39 is 10.0 Å². The molecule has 0 spiro atoms. The molecule has 0 radical (unpaired) electrons. The molecule has 2 aromatic carbocycles. The average Bonchev–Trinajstić information content (AvgIpc) is 2.73. The molecule has 1 aliphatic heterocycles. The maximum atomic E-state index is 12.7. The molecule has 0 aromatic heterocycles. The highest BCUT2D eigenvalue weighted by atomic mass is 35.5. The molecular weight excluding hydrogens is 447 g/mol. The number of sulfonamides is 1. The Balaban J connectivity index is 1.59. The van der Waals surface area contributed by atoms with E-state index >= 15 is 0 Å². The fraction of sp³-hybridized carbons (Fsp3) is 0.381. The summed E-state index contributed by atoms with van der Waals surface area (Å²) in [5, 5.41) is 3.60. The zero-order valence-corrected chi connectivity index (χ0v) is 18.9. The number of carbonyl (C=O) groups excluding carboxylic acids is 1. The van der Waals surface area contributed by atoms with Crippen molar-refractivity contribution in [1.82, 2.24) is 9.62 Å². The Labute approximate surface area is 187 Å². The van der Waals surface area contributed by atoms with Crippen molar-refractivity contribution >= 4 is 39.1 Å². The first kappa shape index (κ1) is 22.9. The summed E-state index contributed by atoms with van der Waals surface area (Å²) in [7, 11) is -3.58. The average molecular weight is 471 g/mol. The third kappa shape index (κ3) is 5.66. The summed E-state index contributed by atoms with van der Waals surface area (Å²) in [5.41, 5.74) is 0.915. The van der Waals surface area contributed by atoms with Crippen LogP contribution in [0.2, 0.25) is 10.0 Å². The molecule has 1 aliphatic rings. The van der Waals surface area contributed by atoms with Crippen LogP contribution in [0, 0.1) is 0 Å². The topological polar surface area (TPSA) is 75.7 Å². The van der Waals surface area contributed by atoms with Gasteiger partial charge in [0.1, 0.15) is 5.75 Å². The lowest BCUT2D eigenvalue weighted by Crippen LogP contribution is -2.35. The molecule has 0 aliphatic carbocycles. The van der Waals surface area contributed by atoms with Gasteiger partial charge in [-0.3, -0.25) is 4.79 Å². The number of rotatable bonds is 7. The predicted octanol–water partition coefficient (Wildman–Crippen LogP) is 4.42. The molecule has 6 nitrogen and oxygen atoms in total. The largest absolute Gasteiger partial charge is 0.482 e. The van der Waals surface area contributed by atoms with Crippen molar-refractivity contribution in [3.05, 3.63) is 58.1 Å². The van der Waals surface area contributed by atoms with E-state index in [1.54, 1.807) is 12.1 Å².